The molecule has 3 heterocycles. The molecule has 2 aromatic heterocycles. The molecule has 1 aliphatic heterocycles. The Labute approximate surface area is 358 Å². The maximum absolute atomic E-state index is 7.48. The normalized spacial score (nSPS) is 13.5. The highest BCUT2D eigenvalue weighted by Gasteiger charge is 2.40. The SMILES string of the molecule is CC(C)(C)c1cc(-c2ccc3c(c2)c2ccccc2n3-c2ccccc2)c2c(c1)C(C)(C)c1cc(C(C)(C)C)cc(-c3nc(-c4ccccc4)nc(-c4ccccc4)n3)c1O2. The second-order valence-corrected chi connectivity index (χ2v) is 19.0. The average Bonchev–Trinajstić information content (AvgIpc) is 3.59. The standard InChI is InChI=1S/C56H50N4O/c1-54(2,3)38-31-42(37-28-29-48-43(30-37)41-26-18-19-27-47(41)60(48)40-24-16-11-17-25-40)49-45(33-38)56(7,8)46-34-39(55(4,5)6)32-44(50(46)61-49)53-58-51(35-20-12-9-13-21-35)57-52(59-53)36-22-14-10-15-23-36/h9-34H,1-8H3. The van der Waals surface area contributed by atoms with Crippen LogP contribution in [0.2, 0.25) is 0 Å². The minimum absolute atomic E-state index is 0.113. The van der Waals surface area contributed by atoms with Crippen LogP contribution in [0, 0.1) is 0 Å². The van der Waals surface area contributed by atoms with Crippen molar-refractivity contribution in [3.63, 3.8) is 0 Å². The molecule has 5 nitrogen and oxygen atoms in total. The van der Waals surface area contributed by atoms with Crippen LogP contribution in [0.1, 0.15) is 77.6 Å². The fourth-order valence-electron chi connectivity index (χ4n) is 8.82. The molecule has 0 atom stereocenters. The summed E-state index contributed by atoms with van der Waals surface area (Å²) in [7, 11) is 0. The van der Waals surface area contributed by atoms with Crippen molar-refractivity contribution in [1.29, 1.82) is 0 Å². The van der Waals surface area contributed by atoms with E-state index in [1.165, 1.54) is 32.9 Å². The Morgan fingerprint density at radius 3 is 1.49 bits per heavy atom. The molecule has 300 valence electrons. The number of hydrogen-bond donors (Lipinski definition) is 0. The summed E-state index contributed by atoms with van der Waals surface area (Å²) in [6.07, 6.45) is 0. The number of rotatable bonds is 5. The number of aromatic nitrogens is 4. The van der Waals surface area contributed by atoms with E-state index in [-0.39, 0.29) is 10.8 Å². The van der Waals surface area contributed by atoms with E-state index in [0.29, 0.717) is 17.5 Å². The van der Waals surface area contributed by atoms with Gasteiger partial charge in [-0.05, 0) is 70.0 Å². The molecule has 61 heavy (non-hydrogen) atoms. The minimum atomic E-state index is -0.445. The van der Waals surface area contributed by atoms with Crippen LogP contribution in [-0.2, 0) is 16.2 Å². The van der Waals surface area contributed by atoms with Gasteiger partial charge in [-0.15, -0.1) is 0 Å². The number of nitrogens with zero attached hydrogens (tertiary/aromatic N) is 4. The molecular formula is C56H50N4O. The number of fused-ring (bicyclic) bond motifs is 5. The fourth-order valence-corrected chi connectivity index (χ4v) is 8.82. The Kier molecular flexibility index (Phi) is 8.88. The maximum Gasteiger partial charge on any atom is 0.167 e. The summed E-state index contributed by atoms with van der Waals surface area (Å²) in [5, 5.41) is 2.41. The molecule has 1 aliphatic rings. The van der Waals surface area contributed by atoms with Crippen LogP contribution in [-0.4, -0.2) is 19.5 Å². The quantitative estimate of drug-likeness (QED) is 0.174. The van der Waals surface area contributed by atoms with Gasteiger partial charge in [0.15, 0.2) is 17.5 Å². The topological polar surface area (TPSA) is 52.8 Å². The first-order chi connectivity index (χ1) is 29.3. The molecule has 0 N–H and O–H groups in total. The van der Waals surface area contributed by atoms with E-state index in [4.69, 9.17) is 19.7 Å². The first-order valence-corrected chi connectivity index (χ1v) is 21.3. The third-order valence-electron chi connectivity index (χ3n) is 12.4. The van der Waals surface area contributed by atoms with Crippen molar-refractivity contribution in [2.45, 2.75) is 71.6 Å². The molecule has 0 unspecified atom stereocenters. The molecule has 0 amide bonds. The van der Waals surface area contributed by atoms with Crippen LogP contribution in [0.4, 0.5) is 0 Å². The summed E-state index contributed by atoms with van der Waals surface area (Å²) in [6, 6.07) is 55.9. The zero-order valence-electron chi connectivity index (χ0n) is 36.2. The molecule has 0 bridgehead atoms. The van der Waals surface area contributed by atoms with Gasteiger partial charge in [-0.1, -0.05) is 171 Å². The van der Waals surface area contributed by atoms with Gasteiger partial charge in [0, 0.05) is 49.7 Å². The molecular weight excluding hydrogens is 745 g/mol. The van der Waals surface area contributed by atoms with Crippen molar-refractivity contribution in [2.75, 3.05) is 0 Å². The molecule has 0 saturated heterocycles. The molecule has 0 fully saturated rings. The Morgan fingerprint density at radius 1 is 0.443 bits per heavy atom. The molecule has 0 aliphatic carbocycles. The fraction of sp³-hybridized carbons (Fsp3) is 0.196. The number of benzene rings is 7. The van der Waals surface area contributed by atoms with Gasteiger partial charge in [0.2, 0.25) is 0 Å². The van der Waals surface area contributed by atoms with Crippen molar-refractivity contribution in [3.05, 3.63) is 180 Å². The lowest BCUT2D eigenvalue weighted by atomic mass is 9.70. The molecule has 0 saturated carbocycles. The highest BCUT2D eigenvalue weighted by Crippen LogP contribution is 2.56. The second kappa shape index (κ2) is 14.1. The van der Waals surface area contributed by atoms with Crippen LogP contribution in [0.25, 0.3) is 72.8 Å². The summed E-state index contributed by atoms with van der Waals surface area (Å²) in [5.74, 6) is 3.46. The molecule has 7 aromatic carbocycles. The van der Waals surface area contributed by atoms with Crippen molar-refractivity contribution in [3.8, 4) is 62.5 Å². The van der Waals surface area contributed by atoms with E-state index in [9.17, 15) is 0 Å². The van der Waals surface area contributed by atoms with Crippen molar-refractivity contribution in [2.24, 2.45) is 0 Å². The van der Waals surface area contributed by atoms with Gasteiger partial charge in [0.1, 0.15) is 11.5 Å². The lowest BCUT2D eigenvalue weighted by Gasteiger charge is -2.39. The van der Waals surface area contributed by atoms with E-state index in [1.807, 2.05) is 36.4 Å². The smallest absolute Gasteiger partial charge is 0.167 e. The largest absolute Gasteiger partial charge is 0.455 e. The van der Waals surface area contributed by atoms with E-state index in [2.05, 4.69) is 181 Å². The van der Waals surface area contributed by atoms with E-state index >= 15 is 0 Å². The highest BCUT2D eigenvalue weighted by atomic mass is 16.5. The van der Waals surface area contributed by atoms with Crippen LogP contribution < -0.4 is 4.74 Å². The Morgan fingerprint density at radius 2 is 0.918 bits per heavy atom. The van der Waals surface area contributed by atoms with Gasteiger partial charge in [-0.2, -0.15) is 0 Å². The minimum Gasteiger partial charge on any atom is -0.455 e. The lowest BCUT2D eigenvalue weighted by molar-refractivity contribution is 0.417. The van der Waals surface area contributed by atoms with Gasteiger partial charge in [-0.25, -0.2) is 15.0 Å². The highest BCUT2D eigenvalue weighted by molar-refractivity contribution is 6.10. The molecule has 0 radical (unpaired) electrons. The zero-order valence-corrected chi connectivity index (χ0v) is 36.2. The van der Waals surface area contributed by atoms with Gasteiger partial charge >= 0.3 is 0 Å². The van der Waals surface area contributed by atoms with Crippen LogP contribution in [0.5, 0.6) is 11.5 Å². The summed E-state index contributed by atoms with van der Waals surface area (Å²) >= 11 is 0. The number of hydrogen-bond acceptors (Lipinski definition) is 4. The first kappa shape index (κ1) is 38.4. The average molecular weight is 795 g/mol. The molecule has 9 aromatic rings. The van der Waals surface area contributed by atoms with Crippen LogP contribution in [0.15, 0.2) is 158 Å². The van der Waals surface area contributed by atoms with Gasteiger partial charge in [0.05, 0.1) is 16.6 Å². The van der Waals surface area contributed by atoms with Crippen molar-refractivity contribution >= 4 is 21.8 Å². The second-order valence-electron chi connectivity index (χ2n) is 19.0. The summed E-state index contributed by atoms with van der Waals surface area (Å²) < 4.78 is 9.85. The monoisotopic (exact) mass is 794 g/mol. The third kappa shape index (κ3) is 6.60. The third-order valence-corrected chi connectivity index (χ3v) is 12.4. The maximum atomic E-state index is 7.48. The van der Waals surface area contributed by atoms with Crippen molar-refractivity contribution in [1.82, 2.24) is 19.5 Å². The molecule has 10 rings (SSSR count). The predicted molar refractivity (Wildman–Crippen MR) is 252 cm³/mol. The Balaban J connectivity index is 1.23. The summed E-state index contributed by atoms with van der Waals surface area (Å²) in [4.78, 5) is 15.5. The number of para-hydroxylation sites is 2. The summed E-state index contributed by atoms with van der Waals surface area (Å²) in [6.45, 7) is 18.4. The number of ether oxygens (including phenoxy) is 1. The van der Waals surface area contributed by atoms with Crippen LogP contribution in [0.3, 0.4) is 0 Å². The van der Waals surface area contributed by atoms with E-state index in [1.54, 1.807) is 0 Å². The Hall–Kier alpha value is -6.85. The van der Waals surface area contributed by atoms with E-state index in [0.717, 1.165) is 56.1 Å². The van der Waals surface area contributed by atoms with Gasteiger partial charge in [0.25, 0.3) is 0 Å². The zero-order chi connectivity index (χ0) is 42.3. The predicted octanol–water partition coefficient (Wildman–Crippen LogP) is 14.7. The molecule has 0 spiro atoms. The van der Waals surface area contributed by atoms with Crippen LogP contribution >= 0.6 is 0 Å². The van der Waals surface area contributed by atoms with Crippen molar-refractivity contribution < 1.29 is 4.74 Å². The summed E-state index contributed by atoms with van der Waals surface area (Å²) in [5.41, 5.74) is 12.4. The first-order valence-electron chi connectivity index (χ1n) is 21.3. The van der Waals surface area contributed by atoms with Gasteiger partial charge in [-0.3, -0.25) is 0 Å². The lowest BCUT2D eigenvalue weighted by Crippen LogP contribution is -2.27. The van der Waals surface area contributed by atoms with E-state index < -0.39 is 5.41 Å². The molecule has 5 heteroatoms. The van der Waals surface area contributed by atoms with Gasteiger partial charge < -0.3 is 9.30 Å². The Bertz CT molecular complexity index is 3070.